The Labute approximate surface area is 123 Å². The molecular formula is C13H22N4O4. The van der Waals surface area contributed by atoms with Gasteiger partial charge >= 0.3 is 6.03 Å². The maximum atomic E-state index is 12.2. The van der Waals surface area contributed by atoms with E-state index in [-0.39, 0.29) is 30.1 Å². The van der Waals surface area contributed by atoms with Crippen LogP contribution in [0.3, 0.4) is 0 Å². The Kier molecular flexibility index (Phi) is 4.01. The predicted molar refractivity (Wildman–Crippen MR) is 73.2 cm³/mol. The molecule has 0 spiro atoms. The Morgan fingerprint density at radius 2 is 2.33 bits per heavy atom. The topological polar surface area (TPSA) is 94.1 Å². The Balaban J connectivity index is 1.46. The third-order valence-electron chi connectivity index (χ3n) is 4.61. The monoisotopic (exact) mass is 298 g/mol. The zero-order valence-electron chi connectivity index (χ0n) is 12.1. The number of hydrogen-bond donors (Lipinski definition) is 3. The third kappa shape index (κ3) is 2.83. The summed E-state index contributed by atoms with van der Waals surface area (Å²) in [7, 11) is 1.78. The van der Waals surface area contributed by atoms with E-state index in [1.165, 1.54) is 0 Å². The van der Waals surface area contributed by atoms with Crippen molar-refractivity contribution in [3.8, 4) is 0 Å². The maximum absolute atomic E-state index is 12.2. The molecule has 4 atom stereocenters. The molecule has 3 N–H and O–H groups in total. The van der Waals surface area contributed by atoms with Gasteiger partial charge in [-0.2, -0.15) is 0 Å². The van der Waals surface area contributed by atoms with Crippen molar-refractivity contribution in [1.29, 1.82) is 0 Å². The first-order valence-electron chi connectivity index (χ1n) is 7.42. The van der Waals surface area contributed by atoms with Gasteiger partial charge in [0.15, 0.2) is 0 Å². The first kappa shape index (κ1) is 14.6. The molecule has 0 aromatic rings. The lowest BCUT2D eigenvalue weighted by Gasteiger charge is -2.29. The van der Waals surface area contributed by atoms with Crippen LogP contribution in [-0.4, -0.2) is 77.8 Å². The molecule has 21 heavy (non-hydrogen) atoms. The number of fused-ring (bicyclic) bond motifs is 2. The van der Waals surface area contributed by atoms with Crippen molar-refractivity contribution in [3.63, 3.8) is 0 Å². The minimum absolute atomic E-state index is 0.0515. The van der Waals surface area contributed by atoms with E-state index in [2.05, 4.69) is 10.8 Å². The molecule has 118 valence electrons. The molecular weight excluding hydrogens is 276 g/mol. The molecule has 3 saturated heterocycles. The number of aliphatic hydroxyl groups is 1. The largest absolute Gasteiger partial charge is 0.392 e. The van der Waals surface area contributed by atoms with E-state index in [0.29, 0.717) is 32.5 Å². The van der Waals surface area contributed by atoms with Gasteiger partial charge in [0.1, 0.15) is 6.04 Å². The van der Waals surface area contributed by atoms with E-state index in [1.807, 2.05) is 0 Å². The third-order valence-corrected chi connectivity index (χ3v) is 4.61. The number of aliphatic hydroxyl groups excluding tert-OH is 1. The Hall–Kier alpha value is -1.38. The lowest BCUT2D eigenvalue weighted by Crippen LogP contribution is -2.50. The van der Waals surface area contributed by atoms with Gasteiger partial charge in [0.05, 0.1) is 18.8 Å². The van der Waals surface area contributed by atoms with Crippen molar-refractivity contribution in [1.82, 2.24) is 20.6 Å². The first-order chi connectivity index (χ1) is 10.1. The average Bonchev–Trinajstić information content (AvgIpc) is 2.98. The van der Waals surface area contributed by atoms with Crippen LogP contribution in [0.2, 0.25) is 0 Å². The average molecular weight is 298 g/mol. The smallest absolute Gasteiger partial charge is 0.320 e. The SMILES string of the molecule is CN1C(=O)N2C[C@H]1CC[C@H]2C(=O)NOC[C@@H]1C[C@H](O)CN1. The summed E-state index contributed by atoms with van der Waals surface area (Å²) < 4.78 is 0. The van der Waals surface area contributed by atoms with Gasteiger partial charge in [-0.25, -0.2) is 10.3 Å². The molecule has 2 bridgehead atoms. The minimum Gasteiger partial charge on any atom is -0.392 e. The van der Waals surface area contributed by atoms with E-state index >= 15 is 0 Å². The van der Waals surface area contributed by atoms with Crippen LogP contribution in [0.25, 0.3) is 0 Å². The lowest BCUT2D eigenvalue weighted by molar-refractivity contribution is -0.139. The predicted octanol–water partition coefficient (Wildman–Crippen LogP) is -1.34. The van der Waals surface area contributed by atoms with Gasteiger partial charge < -0.3 is 20.2 Å². The highest BCUT2D eigenvalue weighted by Gasteiger charge is 2.45. The van der Waals surface area contributed by atoms with E-state index in [4.69, 9.17) is 4.84 Å². The molecule has 8 heteroatoms. The molecule has 0 aromatic heterocycles. The highest BCUT2D eigenvalue weighted by atomic mass is 16.7. The molecule has 0 radical (unpaired) electrons. The Morgan fingerprint density at radius 1 is 1.52 bits per heavy atom. The summed E-state index contributed by atoms with van der Waals surface area (Å²) in [5.41, 5.74) is 2.44. The highest BCUT2D eigenvalue weighted by Crippen LogP contribution is 2.28. The fourth-order valence-corrected chi connectivity index (χ4v) is 3.32. The number of likely N-dealkylation sites (N-methyl/N-ethyl adjacent to an activating group) is 1. The molecule has 0 aliphatic carbocycles. The van der Waals surface area contributed by atoms with Crippen molar-refractivity contribution >= 4 is 11.9 Å². The summed E-state index contributed by atoms with van der Waals surface area (Å²) in [6.45, 7) is 1.48. The molecule has 8 nitrogen and oxygen atoms in total. The fourth-order valence-electron chi connectivity index (χ4n) is 3.32. The molecule has 3 fully saturated rings. The molecule has 3 aliphatic rings. The van der Waals surface area contributed by atoms with Gasteiger partial charge in [-0.15, -0.1) is 0 Å². The number of nitrogens with one attached hydrogen (secondary N) is 2. The van der Waals surface area contributed by atoms with Gasteiger partial charge in [-0.3, -0.25) is 9.63 Å². The van der Waals surface area contributed by atoms with Gasteiger partial charge in [-0.05, 0) is 19.3 Å². The van der Waals surface area contributed by atoms with Crippen LogP contribution in [0.5, 0.6) is 0 Å². The second kappa shape index (κ2) is 5.78. The number of carbonyl (C=O) groups is 2. The van der Waals surface area contributed by atoms with Crippen molar-refractivity contribution in [3.05, 3.63) is 0 Å². The van der Waals surface area contributed by atoms with Gasteiger partial charge in [0.2, 0.25) is 0 Å². The summed E-state index contributed by atoms with van der Waals surface area (Å²) in [5.74, 6) is -0.268. The fraction of sp³-hybridized carbons (Fsp3) is 0.846. The van der Waals surface area contributed by atoms with Crippen LogP contribution in [0.4, 0.5) is 4.79 Å². The van der Waals surface area contributed by atoms with Crippen molar-refractivity contribution in [2.45, 2.75) is 43.5 Å². The number of amides is 3. The number of β-amino-alcohol motifs (C(OH)–C–C–N with tert-alkyl or cyclic N) is 1. The quantitative estimate of drug-likeness (QED) is 0.558. The number of piperidine rings is 1. The Morgan fingerprint density at radius 3 is 3.05 bits per heavy atom. The molecule has 0 saturated carbocycles. The highest BCUT2D eigenvalue weighted by molar-refractivity contribution is 5.88. The van der Waals surface area contributed by atoms with Crippen LogP contribution < -0.4 is 10.8 Å². The molecule has 3 rings (SSSR count). The number of hydroxylamine groups is 1. The van der Waals surface area contributed by atoms with Crippen molar-refractivity contribution < 1.29 is 19.5 Å². The van der Waals surface area contributed by atoms with E-state index in [1.54, 1.807) is 16.8 Å². The summed E-state index contributed by atoms with van der Waals surface area (Å²) in [5, 5.41) is 12.5. The van der Waals surface area contributed by atoms with Crippen LogP contribution in [0, 0.1) is 0 Å². The zero-order chi connectivity index (χ0) is 15.0. The molecule has 0 unspecified atom stereocenters. The van der Waals surface area contributed by atoms with Crippen LogP contribution in [0.1, 0.15) is 19.3 Å². The van der Waals surface area contributed by atoms with Gasteiger partial charge in [0, 0.05) is 26.2 Å². The maximum Gasteiger partial charge on any atom is 0.320 e. The van der Waals surface area contributed by atoms with Gasteiger partial charge in [0.25, 0.3) is 5.91 Å². The molecule has 3 amide bonds. The summed E-state index contributed by atoms with van der Waals surface area (Å²) in [4.78, 5) is 32.7. The van der Waals surface area contributed by atoms with E-state index in [9.17, 15) is 14.7 Å². The number of rotatable bonds is 4. The molecule has 3 aliphatic heterocycles. The number of urea groups is 1. The van der Waals surface area contributed by atoms with Crippen LogP contribution >= 0.6 is 0 Å². The van der Waals surface area contributed by atoms with Crippen molar-refractivity contribution in [2.24, 2.45) is 0 Å². The normalized spacial score (nSPS) is 35.4. The summed E-state index contributed by atoms with van der Waals surface area (Å²) in [6, 6.07) is -0.249. The first-order valence-corrected chi connectivity index (χ1v) is 7.42. The number of hydrogen-bond acceptors (Lipinski definition) is 5. The second-order valence-corrected chi connectivity index (χ2v) is 6.06. The zero-order valence-corrected chi connectivity index (χ0v) is 12.1. The Bertz CT molecular complexity index is 432. The second-order valence-electron chi connectivity index (χ2n) is 6.06. The van der Waals surface area contributed by atoms with Crippen LogP contribution in [-0.2, 0) is 9.63 Å². The number of nitrogens with zero attached hydrogens (tertiary/aromatic N) is 2. The molecule has 0 aromatic carbocycles. The van der Waals surface area contributed by atoms with Gasteiger partial charge in [-0.1, -0.05) is 0 Å². The van der Waals surface area contributed by atoms with Crippen molar-refractivity contribution in [2.75, 3.05) is 26.7 Å². The van der Waals surface area contributed by atoms with E-state index in [0.717, 1.165) is 6.42 Å². The minimum atomic E-state index is -0.444. The summed E-state index contributed by atoms with van der Waals surface area (Å²) in [6.07, 6.45) is 1.78. The summed E-state index contributed by atoms with van der Waals surface area (Å²) >= 11 is 0. The van der Waals surface area contributed by atoms with Crippen LogP contribution in [0.15, 0.2) is 0 Å². The standard InChI is InChI=1S/C13H22N4O4/c1-16-9-2-3-11(17(6-9)13(16)20)12(19)15-21-7-8-4-10(18)5-14-8/h8-11,14,18H,2-7H2,1H3,(H,15,19)/t8-,9+,10-,11-/m0/s1. The van der Waals surface area contributed by atoms with E-state index < -0.39 is 6.04 Å². The molecule has 3 heterocycles. The lowest BCUT2D eigenvalue weighted by atomic mass is 10.0. The number of carbonyl (C=O) groups excluding carboxylic acids is 2.